The number of hydrogen-bond acceptors (Lipinski definition) is 9. The molecule has 12 heteroatoms. The number of halogens is 1. The van der Waals surface area contributed by atoms with Gasteiger partial charge in [0.1, 0.15) is 36.4 Å². The lowest BCUT2D eigenvalue weighted by molar-refractivity contribution is -0.112. The van der Waals surface area contributed by atoms with E-state index in [1.807, 2.05) is 38.1 Å². The first-order valence-electron chi connectivity index (χ1n) is 10.7. The van der Waals surface area contributed by atoms with Crippen molar-refractivity contribution in [1.82, 2.24) is 9.36 Å². The number of sulfone groups is 1. The minimum absolute atomic E-state index is 0.0297. The Morgan fingerprint density at radius 1 is 1.17 bits per heavy atom. The molecule has 1 aromatic heterocycles. The van der Waals surface area contributed by atoms with E-state index in [9.17, 15) is 18.5 Å². The maximum absolute atomic E-state index is 12.5. The second-order valence-corrected chi connectivity index (χ2v) is 10.9. The zero-order valence-electron chi connectivity index (χ0n) is 19.7. The minimum Gasteiger partial charge on any atom is -0.490 e. The van der Waals surface area contributed by atoms with Crippen LogP contribution in [0.3, 0.4) is 0 Å². The fraction of sp³-hybridized carbons (Fsp3) is 0.250. The number of carbonyl (C=O) groups excluding carboxylic acids is 1. The van der Waals surface area contributed by atoms with E-state index < -0.39 is 15.7 Å². The molecule has 0 spiro atoms. The fourth-order valence-corrected chi connectivity index (χ4v) is 4.66. The first-order valence-corrected chi connectivity index (χ1v) is 13.6. The summed E-state index contributed by atoms with van der Waals surface area (Å²) in [5.41, 5.74) is 2.60. The van der Waals surface area contributed by atoms with Crippen LogP contribution in [0.5, 0.6) is 11.5 Å². The average Bonchev–Trinajstić information content (AvgIpc) is 3.32. The number of rotatable bonds is 10. The minimum atomic E-state index is -3.60. The highest BCUT2D eigenvalue weighted by Gasteiger charge is 2.20. The predicted octanol–water partition coefficient (Wildman–Crippen LogP) is 4.61. The summed E-state index contributed by atoms with van der Waals surface area (Å²) >= 11 is 7.02. The van der Waals surface area contributed by atoms with Gasteiger partial charge < -0.3 is 9.47 Å². The van der Waals surface area contributed by atoms with Crippen molar-refractivity contribution in [3.8, 4) is 17.6 Å². The summed E-state index contributed by atoms with van der Waals surface area (Å²) in [6.07, 6.45) is 1.35. The molecule has 0 unspecified atom stereocenters. The predicted molar refractivity (Wildman–Crippen MR) is 138 cm³/mol. The summed E-state index contributed by atoms with van der Waals surface area (Å²) in [6.45, 7) is 6.11. The van der Waals surface area contributed by atoms with Crippen molar-refractivity contribution in [1.29, 1.82) is 5.26 Å². The Hall–Kier alpha value is -3.46. The van der Waals surface area contributed by atoms with Crippen molar-refractivity contribution in [3.63, 3.8) is 0 Å². The molecule has 0 radical (unpaired) electrons. The Morgan fingerprint density at radius 3 is 2.58 bits per heavy atom. The van der Waals surface area contributed by atoms with Crippen molar-refractivity contribution < 1.29 is 22.7 Å². The molecular formula is C24H23ClN4O5S2. The number of anilines is 1. The first kappa shape index (κ1) is 27.1. The van der Waals surface area contributed by atoms with Gasteiger partial charge in [0.15, 0.2) is 0 Å². The number of benzene rings is 2. The molecule has 2 aromatic carbocycles. The van der Waals surface area contributed by atoms with Gasteiger partial charge in [-0.05, 0) is 60.9 Å². The molecule has 0 saturated heterocycles. The smallest absolute Gasteiger partial charge is 0.268 e. The third kappa shape index (κ3) is 7.04. The molecule has 0 atom stereocenters. The van der Waals surface area contributed by atoms with E-state index >= 15 is 0 Å². The largest absolute Gasteiger partial charge is 0.490 e. The van der Waals surface area contributed by atoms with E-state index in [0.717, 1.165) is 11.3 Å². The lowest BCUT2D eigenvalue weighted by atomic mass is 10.1. The second kappa shape index (κ2) is 12.0. The van der Waals surface area contributed by atoms with Gasteiger partial charge in [0.25, 0.3) is 11.1 Å². The third-order valence-corrected chi connectivity index (χ3v) is 7.55. The zero-order chi connectivity index (χ0) is 26.3. The van der Waals surface area contributed by atoms with Crippen LogP contribution in [0.1, 0.15) is 23.6 Å². The van der Waals surface area contributed by atoms with Crippen LogP contribution >= 0.6 is 23.1 Å². The molecule has 3 rings (SSSR count). The molecule has 1 heterocycles. The Bertz CT molecular complexity index is 1440. The van der Waals surface area contributed by atoms with Crippen LogP contribution in [0.4, 0.5) is 5.13 Å². The number of amides is 1. The number of nitrogens with zero attached hydrogens (tertiary/aromatic N) is 3. The van der Waals surface area contributed by atoms with Gasteiger partial charge in [0, 0.05) is 11.5 Å². The monoisotopic (exact) mass is 546 g/mol. The lowest BCUT2D eigenvalue weighted by Crippen LogP contribution is -2.13. The molecule has 0 aliphatic carbocycles. The normalized spacial score (nSPS) is 11.6. The highest BCUT2D eigenvalue weighted by atomic mass is 35.5. The molecule has 36 heavy (non-hydrogen) atoms. The van der Waals surface area contributed by atoms with Gasteiger partial charge in [-0.2, -0.15) is 14.6 Å². The van der Waals surface area contributed by atoms with Crippen LogP contribution in [0.2, 0.25) is 5.02 Å². The molecule has 3 aromatic rings. The molecule has 0 aliphatic heterocycles. The molecule has 0 saturated carbocycles. The molecule has 9 nitrogen and oxygen atoms in total. The standard InChI is InChI=1S/C24H23ClN4O5S2/c1-4-36(31,32)24-28-23(35-29-24)27-22(30)18(14-26)12-17-6-8-21(20(25)13-17)34-10-9-33-19-7-5-15(2)16(3)11-19/h5-8,11-13H,4,9-10H2,1-3H3,(H,27,28,29,30). The molecule has 1 N–H and O–H groups in total. The highest BCUT2D eigenvalue weighted by Crippen LogP contribution is 2.27. The van der Waals surface area contributed by atoms with Gasteiger partial charge in [0.2, 0.25) is 15.0 Å². The van der Waals surface area contributed by atoms with Crippen LogP contribution in [-0.4, -0.2) is 42.6 Å². The van der Waals surface area contributed by atoms with Crippen LogP contribution in [0.25, 0.3) is 6.08 Å². The van der Waals surface area contributed by atoms with Crippen molar-refractivity contribution in [2.24, 2.45) is 0 Å². The fourth-order valence-electron chi connectivity index (χ4n) is 2.83. The van der Waals surface area contributed by atoms with Gasteiger partial charge in [-0.3, -0.25) is 10.1 Å². The topological polar surface area (TPSA) is 131 Å². The number of nitriles is 1. The summed E-state index contributed by atoms with van der Waals surface area (Å²) in [5, 5.41) is 11.7. The van der Waals surface area contributed by atoms with E-state index in [1.165, 1.54) is 18.6 Å². The van der Waals surface area contributed by atoms with Gasteiger partial charge >= 0.3 is 0 Å². The van der Waals surface area contributed by atoms with E-state index in [-0.39, 0.29) is 28.2 Å². The third-order valence-electron chi connectivity index (χ3n) is 5.01. The van der Waals surface area contributed by atoms with Crippen molar-refractivity contribution in [3.05, 3.63) is 63.7 Å². The Labute approximate surface area is 218 Å². The molecule has 0 fully saturated rings. The maximum atomic E-state index is 12.5. The Morgan fingerprint density at radius 2 is 1.92 bits per heavy atom. The summed E-state index contributed by atoms with van der Waals surface area (Å²) in [5.74, 6) is 0.265. The van der Waals surface area contributed by atoms with Crippen molar-refractivity contribution in [2.45, 2.75) is 25.9 Å². The average molecular weight is 547 g/mol. The number of ether oxygens (including phenoxy) is 2. The van der Waals surface area contributed by atoms with Crippen LogP contribution < -0.4 is 14.8 Å². The quantitative estimate of drug-likeness (QED) is 0.221. The summed E-state index contributed by atoms with van der Waals surface area (Å²) < 4.78 is 38.8. The summed E-state index contributed by atoms with van der Waals surface area (Å²) in [6, 6.07) is 12.5. The highest BCUT2D eigenvalue weighted by molar-refractivity contribution is 7.91. The van der Waals surface area contributed by atoms with Gasteiger partial charge in [0.05, 0.1) is 10.8 Å². The van der Waals surface area contributed by atoms with E-state index in [4.69, 9.17) is 21.1 Å². The van der Waals surface area contributed by atoms with Crippen LogP contribution in [-0.2, 0) is 14.6 Å². The Kier molecular flexibility index (Phi) is 9.03. The van der Waals surface area contributed by atoms with Crippen molar-refractivity contribution >= 4 is 50.1 Å². The SMILES string of the molecule is CCS(=O)(=O)c1nsc(NC(=O)C(C#N)=Cc2ccc(OCCOc3ccc(C)c(C)c3)c(Cl)c2)n1. The van der Waals surface area contributed by atoms with E-state index in [1.54, 1.807) is 18.2 Å². The maximum Gasteiger partial charge on any atom is 0.268 e. The molecule has 0 bridgehead atoms. The number of carbonyl (C=O) groups is 1. The van der Waals surface area contributed by atoms with Crippen LogP contribution in [0.15, 0.2) is 47.1 Å². The van der Waals surface area contributed by atoms with Crippen LogP contribution in [0, 0.1) is 25.2 Å². The number of nitrogens with one attached hydrogen (secondary N) is 1. The zero-order valence-corrected chi connectivity index (χ0v) is 22.1. The first-order chi connectivity index (χ1) is 17.1. The van der Waals surface area contributed by atoms with Gasteiger partial charge in [-0.15, -0.1) is 0 Å². The number of aryl methyl sites for hydroxylation is 2. The molecule has 188 valence electrons. The van der Waals surface area contributed by atoms with Gasteiger partial charge in [-0.1, -0.05) is 30.7 Å². The Balaban J connectivity index is 1.60. The lowest BCUT2D eigenvalue weighted by Gasteiger charge is -2.11. The molecule has 0 aliphatic rings. The van der Waals surface area contributed by atoms with Gasteiger partial charge in [-0.25, -0.2) is 8.42 Å². The van der Waals surface area contributed by atoms with E-state index in [2.05, 4.69) is 14.7 Å². The van der Waals surface area contributed by atoms with Crippen molar-refractivity contribution in [2.75, 3.05) is 24.3 Å². The molecule has 1 amide bonds. The summed E-state index contributed by atoms with van der Waals surface area (Å²) in [4.78, 5) is 16.3. The molecular weight excluding hydrogens is 524 g/mol. The van der Waals surface area contributed by atoms with E-state index in [0.29, 0.717) is 34.5 Å². The summed E-state index contributed by atoms with van der Waals surface area (Å²) in [7, 11) is -3.60. The number of aromatic nitrogens is 2. The second-order valence-electron chi connectivity index (χ2n) is 7.54. The number of hydrogen-bond donors (Lipinski definition) is 1.